The number of rotatable bonds is 2. The molecular formula is C2H6O6P2. The van der Waals surface area contributed by atoms with Crippen LogP contribution in [-0.2, 0) is 18.0 Å². The average Bonchev–Trinajstić information content (AvgIpc) is 2.05. The Hall–Kier alpha value is 0.300. The Kier molecular flexibility index (Phi) is 1.80. The summed E-state index contributed by atoms with van der Waals surface area (Å²) in [6.07, 6.45) is 0. The van der Waals surface area contributed by atoms with E-state index in [0.29, 0.717) is 0 Å². The van der Waals surface area contributed by atoms with E-state index in [1.165, 1.54) is 6.92 Å². The van der Waals surface area contributed by atoms with Gasteiger partial charge in [0.25, 0.3) is 0 Å². The van der Waals surface area contributed by atoms with E-state index in [9.17, 15) is 9.13 Å². The van der Waals surface area contributed by atoms with Crippen LogP contribution in [-0.4, -0.2) is 15.6 Å². The van der Waals surface area contributed by atoms with Gasteiger partial charge in [0.15, 0.2) is 5.85 Å². The molecule has 0 aliphatic carbocycles. The Labute approximate surface area is 56.9 Å². The van der Waals surface area contributed by atoms with E-state index in [4.69, 9.17) is 9.79 Å². The molecule has 0 radical (unpaired) electrons. The van der Waals surface area contributed by atoms with Crippen LogP contribution in [0.25, 0.3) is 0 Å². The van der Waals surface area contributed by atoms with Crippen molar-refractivity contribution >= 4 is 15.4 Å². The maximum absolute atomic E-state index is 10.7. The summed E-state index contributed by atoms with van der Waals surface area (Å²) >= 11 is 0. The van der Waals surface area contributed by atoms with Gasteiger partial charge in [-0.05, 0) is 6.92 Å². The van der Waals surface area contributed by atoms with E-state index in [-0.39, 0.29) is 0 Å². The minimum absolute atomic E-state index is 0.680. The predicted octanol–water partition coefficient (Wildman–Crippen LogP) is 0.665. The molecule has 1 unspecified atom stereocenters. The Morgan fingerprint density at radius 3 is 2.20 bits per heavy atom. The fourth-order valence-corrected chi connectivity index (χ4v) is 2.89. The lowest BCUT2D eigenvalue weighted by Gasteiger charge is -1.98. The molecule has 1 fully saturated rings. The monoisotopic (exact) mass is 188 g/mol. The first kappa shape index (κ1) is 8.40. The molecule has 0 amide bonds. The van der Waals surface area contributed by atoms with Crippen molar-refractivity contribution in [1.82, 2.24) is 0 Å². The van der Waals surface area contributed by atoms with E-state index in [1.54, 1.807) is 0 Å². The Morgan fingerprint density at radius 1 is 1.70 bits per heavy atom. The van der Waals surface area contributed by atoms with Crippen molar-refractivity contribution in [3.05, 3.63) is 0 Å². The third-order valence-electron chi connectivity index (χ3n) is 0.919. The summed E-state index contributed by atoms with van der Waals surface area (Å²) in [6, 6.07) is 0. The SMILES string of the molecule is C[C@H]1OP1(=O)OP(=O)(O)O. The number of hydrogen-bond acceptors (Lipinski definition) is 4. The van der Waals surface area contributed by atoms with Gasteiger partial charge in [-0.2, -0.15) is 0 Å². The highest BCUT2D eigenvalue weighted by Crippen LogP contribution is 2.75. The molecule has 8 heteroatoms. The minimum atomic E-state index is -4.65. The third kappa shape index (κ3) is 1.89. The summed E-state index contributed by atoms with van der Waals surface area (Å²) in [7, 11) is -8.04. The van der Waals surface area contributed by atoms with Crippen molar-refractivity contribution in [2.24, 2.45) is 0 Å². The van der Waals surface area contributed by atoms with Crippen molar-refractivity contribution in [3.8, 4) is 0 Å². The molecule has 0 aromatic rings. The molecule has 0 spiro atoms. The van der Waals surface area contributed by atoms with E-state index < -0.39 is 21.3 Å². The lowest BCUT2D eigenvalue weighted by Crippen LogP contribution is -1.78. The van der Waals surface area contributed by atoms with Crippen LogP contribution in [0.15, 0.2) is 0 Å². The molecule has 60 valence electrons. The largest absolute Gasteiger partial charge is 0.476 e. The van der Waals surface area contributed by atoms with Crippen LogP contribution in [0.5, 0.6) is 0 Å². The first-order valence-electron chi connectivity index (χ1n) is 2.38. The maximum atomic E-state index is 10.7. The van der Waals surface area contributed by atoms with Gasteiger partial charge in [-0.15, -0.1) is 0 Å². The maximum Gasteiger partial charge on any atom is 0.476 e. The molecule has 0 aromatic carbocycles. The van der Waals surface area contributed by atoms with Gasteiger partial charge >= 0.3 is 15.4 Å². The van der Waals surface area contributed by atoms with Crippen LogP contribution in [0.3, 0.4) is 0 Å². The summed E-state index contributed by atoms with van der Waals surface area (Å²) in [6.45, 7) is 1.41. The van der Waals surface area contributed by atoms with Gasteiger partial charge in [0, 0.05) is 0 Å². The first-order chi connectivity index (χ1) is 4.33. The van der Waals surface area contributed by atoms with E-state index in [1.807, 2.05) is 0 Å². The Bertz CT molecular complexity index is 228. The summed E-state index contributed by atoms with van der Waals surface area (Å²) < 4.78 is 29.0. The van der Waals surface area contributed by atoms with Crippen LogP contribution < -0.4 is 0 Å². The number of hydrogen-bond donors (Lipinski definition) is 2. The van der Waals surface area contributed by atoms with E-state index >= 15 is 0 Å². The molecule has 0 aromatic heterocycles. The molecule has 2 N–H and O–H groups in total. The van der Waals surface area contributed by atoms with Crippen molar-refractivity contribution in [2.75, 3.05) is 0 Å². The van der Waals surface area contributed by atoms with Crippen molar-refractivity contribution in [2.45, 2.75) is 12.8 Å². The summed E-state index contributed by atoms with van der Waals surface area (Å²) in [5, 5.41) is 0. The summed E-state index contributed by atoms with van der Waals surface area (Å²) in [4.78, 5) is 16.3. The topological polar surface area (TPSA) is 96.4 Å². The van der Waals surface area contributed by atoms with Gasteiger partial charge in [-0.25, -0.2) is 8.88 Å². The highest BCUT2D eigenvalue weighted by atomic mass is 31.3. The first-order valence-corrected chi connectivity index (χ1v) is 5.53. The highest BCUT2D eigenvalue weighted by Gasteiger charge is 2.55. The van der Waals surface area contributed by atoms with Crippen LogP contribution in [0.4, 0.5) is 0 Å². The zero-order chi connectivity index (χ0) is 7.99. The molecular weight excluding hydrogens is 182 g/mol. The molecule has 1 saturated heterocycles. The molecule has 10 heavy (non-hydrogen) atoms. The standard InChI is InChI=1S/C2H6O6P2/c1-2-7-9(2,3)8-10(4,5)6/h2H,1H3,(H2,4,5,6)/t2-,9?/m0/s1. The van der Waals surface area contributed by atoms with Crippen LogP contribution >= 0.6 is 15.4 Å². The highest BCUT2D eigenvalue weighted by molar-refractivity contribution is 7.68. The fourth-order valence-electron chi connectivity index (χ4n) is 0.419. The van der Waals surface area contributed by atoms with Gasteiger partial charge in [-0.3, -0.25) is 9.09 Å². The minimum Gasteiger partial charge on any atom is -0.302 e. The molecule has 0 saturated carbocycles. The summed E-state index contributed by atoms with van der Waals surface area (Å²) in [5.41, 5.74) is 0. The van der Waals surface area contributed by atoms with Crippen LogP contribution in [0, 0.1) is 0 Å². The molecule has 1 rings (SSSR count). The molecule has 1 heterocycles. The normalized spacial score (nSPS) is 39.7. The third-order valence-corrected chi connectivity index (χ3v) is 4.08. The lowest BCUT2D eigenvalue weighted by molar-refractivity contribution is 0.280. The van der Waals surface area contributed by atoms with Gasteiger partial charge in [0.1, 0.15) is 0 Å². The molecule has 2 atom stereocenters. The number of phosphoric acid groups is 1. The van der Waals surface area contributed by atoms with Crippen molar-refractivity contribution in [1.29, 1.82) is 0 Å². The molecule has 1 aliphatic rings. The van der Waals surface area contributed by atoms with Gasteiger partial charge in [0.05, 0.1) is 0 Å². The van der Waals surface area contributed by atoms with Crippen molar-refractivity contribution < 1.29 is 27.8 Å². The second-order valence-corrected chi connectivity index (χ2v) is 5.47. The van der Waals surface area contributed by atoms with E-state index in [2.05, 4.69) is 8.83 Å². The Balaban J connectivity index is 2.57. The lowest BCUT2D eigenvalue weighted by atomic mass is 10.9. The fraction of sp³-hybridized carbons (Fsp3) is 1.00. The van der Waals surface area contributed by atoms with Gasteiger partial charge < -0.3 is 9.79 Å². The molecule has 6 nitrogen and oxygen atoms in total. The zero-order valence-corrected chi connectivity index (χ0v) is 6.79. The van der Waals surface area contributed by atoms with Gasteiger partial charge in [-0.1, -0.05) is 0 Å². The predicted molar refractivity (Wildman–Crippen MR) is 31.3 cm³/mol. The van der Waals surface area contributed by atoms with Crippen molar-refractivity contribution in [3.63, 3.8) is 0 Å². The van der Waals surface area contributed by atoms with Crippen LogP contribution in [0.1, 0.15) is 6.92 Å². The van der Waals surface area contributed by atoms with Crippen LogP contribution in [0.2, 0.25) is 0 Å². The molecule has 1 aliphatic heterocycles. The summed E-state index contributed by atoms with van der Waals surface area (Å²) in [5.74, 6) is -0.680. The Morgan fingerprint density at radius 2 is 2.10 bits per heavy atom. The molecule has 0 bridgehead atoms. The average molecular weight is 188 g/mol. The second-order valence-electron chi connectivity index (χ2n) is 1.82. The zero-order valence-electron chi connectivity index (χ0n) is 5.00. The van der Waals surface area contributed by atoms with E-state index in [0.717, 1.165) is 0 Å². The smallest absolute Gasteiger partial charge is 0.302 e. The quantitative estimate of drug-likeness (QED) is 0.488. The van der Waals surface area contributed by atoms with Gasteiger partial charge in [0.2, 0.25) is 0 Å². The second kappa shape index (κ2) is 2.14.